The van der Waals surface area contributed by atoms with Crippen LogP contribution in [0.4, 0.5) is 0 Å². The summed E-state index contributed by atoms with van der Waals surface area (Å²) in [6.07, 6.45) is 13.3. The first-order chi connectivity index (χ1) is 10.6. The highest BCUT2D eigenvalue weighted by molar-refractivity contribution is 5.81. The van der Waals surface area contributed by atoms with Crippen LogP contribution < -0.4 is 0 Å². The maximum Gasteiger partial charge on any atom is 0.323 e. The maximum atomic E-state index is 12.1. The Hall–Kier alpha value is -1.06. The number of hydrogen-bond donors (Lipinski definition) is 1. The molecular weight excluding hydrogens is 278 g/mol. The second-order valence-corrected chi connectivity index (χ2v) is 6.14. The van der Waals surface area contributed by atoms with Gasteiger partial charge in [0.25, 0.3) is 0 Å². The molecule has 22 heavy (non-hydrogen) atoms. The van der Waals surface area contributed by atoms with Crippen molar-refractivity contribution in [2.75, 3.05) is 13.1 Å². The van der Waals surface area contributed by atoms with Crippen molar-refractivity contribution in [3.63, 3.8) is 0 Å². The summed E-state index contributed by atoms with van der Waals surface area (Å²) in [6.45, 7) is 4.68. The monoisotopic (exact) mass is 313 g/mol. The Morgan fingerprint density at radius 1 is 0.773 bits per heavy atom. The lowest BCUT2D eigenvalue weighted by atomic mass is 10.1. The van der Waals surface area contributed by atoms with Crippen LogP contribution >= 0.6 is 0 Å². The summed E-state index contributed by atoms with van der Waals surface area (Å²) < 4.78 is 0. The molecule has 0 spiro atoms. The van der Waals surface area contributed by atoms with E-state index in [-0.39, 0.29) is 12.5 Å². The lowest BCUT2D eigenvalue weighted by Crippen LogP contribution is -2.36. The molecule has 0 aromatic heterocycles. The van der Waals surface area contributed by atoms with Gasteiger partial charge in [0.1, 0.15) is 6.54 Å². The van der Waals surface area contributed by atoms with Gasteiger partial charge in [-0.15, -0.1) is 0 Å². The minimum Gasteiger partial charge on any atom is -0.480 e. The molecule has 0 radical (unpaired) electrons. The van der Waals surface area contributed by atoms with E-state index in [0.29, 0.717) is 13.0 Å². The van der Waals surface area contributed by atoms with Crippen molar-refractivity contribution in [3.8, 4) is 0 Å². The highest BCUT2D eigenvalue weighted by atomic mass is 16.4. The van der Waals surface area contributed by atoms with Gasteiger partial charge < -0.3 is 10.0 Å². The molecule has 0 saturated carbocycles. The van der Waals surface area contributed by atoms with Gasteiger partial charge in [-0.1, -0.05) is 71.6 Å². The van der Waals surface area contributed by atoms with Crippen molar-refractivity contribution in [1.29, 1.82) is 0 Å². The lowest BCUT2D eigenvalue weighted by Gasteiger charge is -2.20. The van der Waals surface area contributed by atoms with Crippen LogP contribution in [-0.4, -0.2) is 35.0 Å². The molecule has 0 aromatic rings. The normalized spacial score (nSPS) is 10.6. The summed E-state index contributed by atoms with van der Waals surface area (Å²) in [5.74, 6) is -0.921. The lowest BCUT2D eigenvalue weighted by molar-refractivity contribution is -0.144. The number of carbonyl (C=O) groups is 2. The minimum absolute atomic E-state index is 0.00112. The van der Waals surface area contributed by atoms with E-state index in [2.05, 4.69) is 6.92 Å². The van der Waals surface area contributed by atoms with Gasteiger partial charge in [-0.25, -0.2) is 0 Å². The van der Waals surface area contributed by atoms with E-state index in [9.17, 15) is 9.59 Å². The average molecular weight is 313 g/mol. The van der Waals surface area contributed by atoms with Crippen molar-refractivity contribution < 1.29 is 14.7 Å². The molecule has 0 fully saturated rings. The smallest absolute Gasteiger partial charge is 0.323 e. The Morgan fingerprint density at radius 2 is 1.27 bits per heavy atom. The number of carboxylic acid groups (broad SMARTS) is 1. The van der Waals surface area contributed by atoms with E-state index in [0.717, 1.165) is 25.7 Å². The fourth-order valence-electron chi connectivity index (χ4n) is 2.55. The third-order valence-electron chi connectivity index (χ3n) is 3.95. The first-order valence-corrected chi connectivity index (χ1v) is 9.11. The van der Waals surface area contributed by atoms with Gasteiger partial charge in [-0.05, 0) is 12.8 Å². The van der Waals surface area contributed by atoms with Crippen LogP contribution in [-0.2, 0) is 9.59 Å². The zero-order chi connectivity index (χ0) is 16.6. The molecule has 0 saturated heterocycles. The molecule has 4 heteroatoms. The van der Waals surface area contributed by atoms with Crippen molar-refractivity contribution in [3.05, 3.63) is 0 Å². The average Bonchev–Trinajstić information content (AvgIpc) is 2.49. The molecule has 0 heterocycles. The maximum absolute atomic E-state index is 12.1. The van der Waals surface area contributed by atoms with Gasteiger partial charge in [0.2, 0.25) is 5.91 Å². The number of nitrogens with zero attached hydrogens (tertiary/aromatic N) is 1. The van der Waals surface area contributed by atoms with Crippen LogP contribution in [0, 0.1) is 0 Å². The second-order valence-electron chi connectivity index (χ2n) is 6.14. The van der Waals surface area contributed by atoms with Crippen molar-refractivity contribution >= 4 is 11.9 Å². The minimum atomic E-state index is -0.920. The molecule has 0 unspecified atom stereocenters. The Balaban J connectivity index is 3.68. The van der Waals surface area contributed by atoms with Gasteiger partial charge >= 0.3 is 5.97 Å². The Morgan fingerprint density at radius 3 is 1.77 bits per heavy atom. The van der Waals surface area contributed by atoms with Gasteiger partial charge in [0.15, 0.2) is 0 Å². The van der Waals surface area contributed by atoms with E-state index in [4.69, 9.17) is 5.11 Å². The summed E-state index contributed by atoms with van der Waals surface area (Å²) in [7, 11) is 0. The van der Waals surface area contributed by atoms with E-state index in [1.54, 1.807) is 0 Å². The largest absolute Gasteiger partial charge is 0.480 e. The molecular formula is C18H35NO3. The molecule has 0 rings (SSSR count). The Kier molecular flexibility index (Phi) is 14.1. The third kappa shape index (κ3) is 12.7. The topological polar surface area (TPSA) is 57.6 Å². The molecule has 0 aliphatic heterocycles. The van der Waals surface area contributed by atoms with Gasteiger partial charge in [-0.3, -0.25) is 9.59 Å². The number of hydrogen-bond acceptors (Lipinski definition) is 2. The van der Waals surface area contributed by atoms with Gasteiger partial charge in [0, 0.05) is 13.0 Å². The third-order valence-corrected chi connectivity index (χ3v) is 3.95. The predicted molar refractivity (Wildman–Crippen MR) is 91.0 cm³/mol. The summed E-state index contributed by atoms with van der Waals surface area (Å²) in [4.78, 5) is 24.4. The Labute approximate surface area is 136 Å². The van der Waals surface area contributed by atoms with Crippen LogP contribution in [0.3, 0.4) is 0 Å². The van der Waals surface area contributed by atoms with E-state index >= 15 is 0 Å². The fourth-order valence-corrected chi connectivity index (χ4v) is 2.55. The molecule has 0 aromatic carbocycles. The number of aliphatic carboxylic acids is 1. The number of rotatable bonds is 15. The summed E-state index contributed by atoms with van der Waals surface area (Å²) in [5, 5.41) is 8.87. The zero-order valence-electron chi connectivity index (χ0n) is 14.6. The number of unbranched alkanes of at least 4 members (excludes halogenated alkanes) is 9. The van der Waals surface area contributed by atoms with Crippen molar-refractivity contribution in [2.24, 2.45) is 0 Å². The molecule has 0 aliphatic carbocycles. The Bertz CT molecular complexity index is 292. The first kappa shape index (κ1) is 20.9. The van der Waals surface area contributed by atoms with E-state index < -0.39 is 5.97 Å². The molecule has 1 N–H and O–H groups in total. The van der Waals surface area contributed by atoms with Gasteiger partial charge in [-0.2, -0.15) is 0 Å². The molecule has 4 nitrogen and oxygen atoms in total. The van der Waals surface area contributed by atoms with Crippen LogP contribution in [0.2, 0.25) is 0 Å². The van der Waals surface area contributed by atoms with Crippen LogP contribution in [0.1, 0.15) is 90.9 Å². The summed E-state index contributed by atoms with van der Waals surface area (Å²) in [5.41, 5.74) is 0. The SMILES string of the molecule is CCCCCCCCCCCC(=O)N(CCCC)CC(=O)O. The zero-order valence-corrected chi connectivity index (χ0v) is 14.6. The van der Waals surface area contributed by atoms with Crippen LogP contribution in [0.25, 0.3) is 0 Å². The predicted octanol–water partition coefficient (Wildman–Crippen LogP) is 4.62. The molecule has 130 valence electrons. The summed E-state index contributed by atoms with van der Waals surface area (Å²) in [6, 6.07) is 0. The fraction of sp³-hybridized carbons (Fsp3) is 0.889. The van der Waals surface area contributed by atoms with E-state index in [1.165, 1.54) is 49.8 Å². The van der Waals surface area contributed by atoms with Crippen LogP contribution in [0.15, 0.2) is 0 Å². The molecule has 0 atom stereocenters. The van der Waals surface area contributed by atoms with Crippen molar-refractivity contribution in [2.45, 2.75) is 90.9 Å². The van der Waals surface area contributed by atoms with Crippen molar-refractivity contribution in [1.82, 2.24) is 4.90 Å². The second kappa shape index (κ2) is 14.9. The number of carboxylic acids is 1. The highest BCUT2D eigenvalue weighted by Crippen LogP contribution is 2.11. The first-order valence-electron chi connectivity index (χ1n) is 9.11. The molecule has 0 bridgehead atoms. The highest BCUT2D eigenvalue weighted by Gasteiger charge is 2.15. The van der Waals surface area contributed by atoms with Crippen LogP contribution in [0.5, 0.6) is 0 Å². The number of amides is 1. The summed E-state index contributed by atoms with van der Waals surface area (Å²) >= 11 is 0. The standard InChI is InChI=1S/C18H35NO3/c1-3-5-7-8-9-10-11-12-13-14-17(20)19(15-6-4-2)16-18(21)22/h3-16H2,1-2H3,(H,21,22). The van der Waals surface area contributed by atoms with E-state index in [1.807, 2.05) is 6.92 Å². The number of carbonyl (C=O) groups excluding carboxylic acids is 1. The molecule has 1 amide bonds. The molecule has 0 aliphatic rings. The quantitative estimate of drug-likeness (QED) is 0.449. The van der Waals surface area contributed by atoms with Gasteiger partial charge in [0.05, 0.1) is 0 Å².